The van der Waals surface area contributed by atoms with Crippen molar-refractivity contribution in [3.8, 4) is 11.1 Å². The number of hydrogen-bond donors (Lipinski definition) is 1. The molecule has 0 spiro atoms. The maximum absolute atomic E-state index is 11.4. The molecule has 0 amide bonds. The Bertz CT molecular complexity index is 617. The minimum atomic E-state index is -0.300. The third kappa shape index (κ3) is 2.08. The number of carbonyl (C=O) groups excluding carboxylic acids is 1. The van der Waals surface area contributed by atoms with E-state index in [1.165, 1.54) is 23.9 Å². The maximum Gasteiger partial charge on any atom is 0.337 e. The number of esters is 1. The summed E-state index contributed by atoms with van der Waals surface area (Å²) in [5.74, 6) is -0.300. The Labute approximate surface area is 112 Å². The van der Waals surface area contributed by atoms with Crippen LogP contribution in [0, 0.1) is 0 Å². The number of anilines is 1. The minimum absolute atomic E-state index is 0.300. The average molecular weight is 253 g/mol. The SMILES string of the molecule is COC(=O)c1ccc(-c2cccc3c2CCN3)cc1. The van der Waals surface area contributed by atoms with E-state index in [0.29, 0.717) is 5.56 Å². The third-order valence-electron chi connectivity index (χ3n) is 3.48. The van der Waals surface area contributed by atoms with Crippen molar-refractivity contribution >= 4 is 11.7 Å². The van der Waals surface area contributed by atoms with Crippen molar-refractivity contribution in [3.63, 3.8) is 0 Å². The van der Waals surface area contributed by atoms with E-state index in [-0.39, 0.29) is 5.97 Å². The predicted molar refractivity (Wildman–Crippen MR) is 75.4 cm³/mol. The highest BCUT2D eigenvalue weighted by Crippen LogP contribution is 2.32. The van der Waals surface area contributed by atoms with E-state index in [9.17, 15) is 4.79 Å². The Balaban J connectivity index is 1.99. The molecular formula is C16H15NO2. The van der Waals surface area contributed by atoms with Crippen molar-refractivity contribution in [2.24, 2.45) is 0 Å². The van der Waals surface area contributed by atoms with Gasteiger partial charge < -0.3 is 10.1 Å². The number of benzene rings is 2. The van der Waals surface area contributed by atoms with Gasteiger partial charge in [0, 0.05) is 12.2 Å². The van der Waals surface area contributed by atoms with Crippen molar-refractivity contribution in [1.82, 2.24) is 0 Å². The van der Waals surface area contributed by atoms with Gasteiger partial charge in [-0.05, 0) is 41.3 Å². The fourth-order valence-corrected chi connectivity index (χ4v) is 2.52. The molecule has 0 fully saturated rings. The fraction of sp³-hybridized carbons (Fsp3) is 0.188. The van der Waals surface area contributed by atoms with Crippen LogP contribution < -0.4 is 5.32 Å². The molecule has 0 bridgehead atoms. The fourth-order valence-electron chi connectivity index (χ4n) is 2.52. The lowest BCUT2D eigenvalue weighted by Gasteiger charge is -2.08. The van der Waals surface area contributed by atoms with Crippen molar-refractivity contribution in [2.75, 3.05) is 19.0 Å². The van der Waals surface area contributed by atoms with Crippen LogP contribution in [0.4, 0.5) is 5.69 Å². The van der Waals surface area contributed by atoms with Crippen LogP contribution in [0.25, 0.3) is 11.1 Å². The molecule has 1 aliphatic heterocycles. The normalized spacial score (nSPS) is 12.7. The Morgan fingerprint density at radius 2 is 1.95 bits per heavy atom. The lowest BCUT2D eigenvalue weighted by Crippen LogP contribution is -2.00. The average Bonchev–Trinajstić information content (AvgIpc) is 2.95. The van der Waals surface area contributed by atoms with Crippen molar-refractivity contribution < 1.29 is 9.53 Å². The first-order chi connectivity index (χ1) is 9.29. The Kier molecular flexibility index (Phi) is 2.95. The summed E-state index contributed by atoms with van der Waals surface area (Å²) in [4.78, 5) is 11.4. The van der Waals surface area contributed by atoms with E-state index in [1.54, 1.807) is 0 Å². The number of methoxy groups -OCH3 is 1. The van der Waals surface area contributed by atoms with Crippen molar-refractivity contribution in [1.29, 1.82) is 0 Å². The third-order valence-corrected chi connectivity index (χ3v) is 3.48. The van der Waals surface area contributed by atoms with Gasteiger partial charge in [-0.1, -0.05) is 24.3 Å². The molecule has 0 saturated carbocycles. The van der Waals surface area contributed by atoms with Gasteiger partial charge in [-0.3, -0.25) is 0 Å². The number of hydrogen-bond acceptors (Lipinski definition) is 3. The molecule has 3 heteroatoms. The van der Waals surface area contributed by atoms with E-state index < -0.39 is 0 Å². The van der Waals surface area contributed by atoms with Crippen molar-refractivity contribution in [3.05, 3.63) is 53.6 Å². The van der Waals surface area contributed by atoms with Gasteiger partial charge in [-0.25, -0.2) is 4.79 Å². The maximum atomic E-state index is 11.4. The molecule has 0 unspecified atom stereocenters. The van der Waals surface area contributed by atoms with Crippen LogP contribution in [0.5, 0.6) is 0 Å². The van der Waals surface area contributed by atoms with Gasteiger partial charge in [-0.15, -0.1) is 0 Å². The Morgan fingerprint density at radius 1 is 1.16 bits per heavy atom. The molecule has 0 radical (unpaired) electrons. The summed E-state index contributed by atoms with van der Waals surface area (Å²) in [6, 6.07) is 13.8. The largest absolute Gasteiger partial charge is 0.465 e. The summed E-state index contributed by atoms with van der Waals surface area (Å²) in [5, 5.41) is 3.37. The van der Waals surface area contributed by atoms with Gasteiger partial charge in [0.15, 0.2) is 0 Å². The number of nitrogens with one attached hydrogen (secondary N) is 1. The predicted octanol–water partition coefficient (Wildman–Crippen LogP) is 3.11. The highest BCUT2D eigenvalue weighted by molar-refractivity contribution is 5.90. The Hall–Kier alpha value is -2.29. The van der Waals surface area contributed by atoms with Crippen molar-refractivity contribution in [2.45, 2.75) is 6.42 Å². The molecule has 19 heavy (non-hydrogen) atoms. The van der Waals surface area contributed by atoms with Gasteiger partial charge in [-0.2, -0.15) is 0 Å². The van der Waals surface area contributed by atoms with Gasteiger partial charge >= 0.3 is 5.97 Å². The zero-order valence-electron chi connectivity index (χ0n) is 10.8. The quantitative estimate of drug-likeness (QED) is 0.836. The molecule has 1 aliphatic rings. The van der Waals surface area contributed by atoms with E-state index in [2.05, 4.69) is 23.5 Å². The van der Waals surface area contributed by atoms with E-state index in [0.717, 1.165) is 18.5 Å². The first kappa shape index (κ1) is 11.8. The lowest BCUT2D eigenvalue weighted by molar-refractivity contribution is 0.0601. The van der Waals surface area contributed by atoms with Crippen LogP contribution >= 0.6 is 0 Å². The standard InChI is InChI=1S/C16H15NO2/c1-19-16(18)12-7-5-11(6-8-12)13-3-2-4-15-14(13)9-10-17-15/h2-8,17H,9-10H2,1H3. The molecule has 0 aliphatic carbocycles. The molecule has 3 nitrogen and oxygen atoms in total. The molecule has 1 N–H and O–H groups in total. The summed E-state index contributed by atoms with van der Waals surface area (Å²) in [7, 11) is 1.39. The number of rotatable bonds is 2. The first-order valence-corrected chi connectivity index (χ1v) is 6.34. The molecule has 0 aromatic heterocycles. The number of fused-ring (bicyclic) bond motifs is 1. The van der Waals surface area contributed by atoms with Crippen LogP contribution in [0.1, 0.15) is 15.9 Å². The van der Waals surface area contributed by atoms with Gasteiger partial charge in [0.25, 0.3) is 0 Å². The molecule has 1 heterocycles. The molecule has 0 atom stereocenters. The summed E-state index contributed by atoms with van der Waals surface area (Å²) in [6.07, 6.45) is 1.05. The van der Waals surface area contributed by atoms with Gasteiger partial charge in [0.2, 0.25) is 0 Å². The molecular weight excluding hydrogens is 238 g/mol. The lowest BCUT2D eigenvalue weighted by atomic mass is 9.97. The van der Waals surface area contributed by atoms with Crippen LogP contribution in [0.2, 0.25) is 0 Å². The molecule has 0 saturated heterocycles. The Morgan fingerprint density at radius 3 is 2.68 bits per heavy atom. The zero-order chi connectivity index (χ0) is 13.2. The summed E-state index contributed by atoms with van der Waals surface area (Å²) >= 11 is 0. The second kappa shape index (κ2) is 4.76. The molecule has 96 valence electrons. The highest BCUT2D eigenvalue weighted by Gasteiger charge is 2.15. The van der Waals surface area contributed by atoms with Gasteiger partial charge in [0.05, 0.1) is 12.7 Å². The molecule has 3 rings (SSSR count). The molecule has 2 aromatic carbocycles. The number of ether oxygens (including phenoxy) is 1. The highest BCUT2D eigenvalue weighted by atomic mass is 16.5. The summed E-state index contributed by atoms with van der Waals surface area (Å²) in [5.41, 5.74) is 5.52. The van der Waals surface area contributed by atoms with Crippen LogP contribution in [0.15, 0.2) is 42.5 Å². The minimum Gasteiger partial charge on any atom is -0.465 e. The summed E-state index contributed by atoms with van der Waals surface area (Å²) in [6.45, 7) is 0.993. The smallest absolute Gasteiger partial charge is 0.337 e. The zero-order valence-corrected chi connectivity index (χ0v) is 10.8. The van der Waals surface area contributed by atoms with Crippen LogP contribution in [-0.2, 0) is 11.2 Å². The topological polar surface area (TPSA) is 38.3 Å². The van der Waals surface area contributed by atoms with Crippen LogP contribution in [-0.4, -0.2) is 19.6 Å². The molecule has 2 aromatic rings. The first-order valence-electron chi connectivity index (χ1n) is 6.34. The van der Waals surface area contributed by atoms with E-state index in [1.807, 2.05) is 24.3 Å². The second-order valence-electron chi connectivity index (χ2n) is 4.58. The number of carbonyl (C=O) groups is 1. The van der Waals surface area contributed by atoms with Crippen LogP contribution in [0.3, 0.4) is 0 Å². The summed E-state index contributed by atoms with van der Waals surface area (Å²) < 4.78 is 4.71. The second-order valence-corrected chi connectivity index (χ2v) is 4.58. The van der Waals surface area contributed by atoms with E-state index >= 15 is 0 Å². The van der Waals surface area contributed by atoms with E-state index in [4.69, 9.17) is 4.74 Å². The monoisotopic (exact) mass is 253 g/mol. The van der Waals surface area contributed by atoms with Gasteiger partial charge in [0.1, 0.15) is 0 Å².